The quantitative estimate of drug-likeness (QED) is 0.648. The first-order valence-corrected chi connectivity index (χ1v) is 9.35. The number of aliphatic carboxylic acids is 1. The second kappa shape index (κ2) is 8.47. The average Bonchev–Trinajstić information content (AvgIpc) is 3.10. The molecule has 0 atom stereocenters. The molecule has 3 rings (SSSR count). The Kier molecular flexibility index (Phi) is 5.84. The summed E-state index contributed by atoms with van der Waals surface area (Å²) < 4.78 is 1.04. The first kappa shape index (κ1) is 18.6. The molecule has 0 saturated carbocycles. The molecule has 3 aromatic rings. The first-order valence-electron chi connectivity index (χ1n) is 8.53. The number of hydrogen-bond donors (Lipinski definition) is 1. The lowest BCUT2D eigenvalue weighted by Crippen LogP contribution is -2.17. The summed E-state index contributed by atoms with van der Waals surface area (Å²) in [5, 5.41) is 18.7. The lowest BCUT2D eigenvalue weighted by molar-refractivity contribution is -0.135. The van der Waals surface area contributed by atoms with Gasteiger partial charge in [0.2, 0.25) is 0 Å². The van der Waals surface area contributed by atoms with Crippen molar-refractivity contribution < 1.29 is 9.90 Å². The minimum atomic E-state index is -0.881. The molecule has 5 nitrogen and oxygen atoms in total. The molecule has 2 aromatic carbocycles. The molecule has 0 amide bonds. The normalized spacial score (nSPS) is 11.3. The number of carboxylic acids is 1. The molecule has 136 valence electrons. The Morgan fingerprint density at radius 3 is 2.67 bits per heavy atom. The largest absolute Gasteiger partial charge is 0.481 e. The third-order valence-corrected chi connectivity index (χ3v) is 5.26. The van der Waals surface area contributed by atoms with Crippen LogP contribution in [-0.4, -0.2) is 29.7 Å². The van der Waals surface area contributed by atoms with E-state index in [4.69, 9.17) is 5.26 Å². The maximum atomic E-state index is 11.3. The predicted molar refractivity (Wildman–Crippen MR) is 110 cm³/mol. The van der Waals surface area contributed by atoms with Crippen molar-refractivity contribution in [1.82, 2.24) is 4.98 Å². The fraction of sp³-hybridized carbons (Fsp3) is 0.190. The van der Waals surface area contributed by atoms with E-state index in [1.165, 1.54) is 11.3 Å². The van der Waals surface area contributed by atoms with Crippen molar-refractivity contribution in [3.8, 4) is 6.07 Å². The molecule has 1 heterocycles. The number of aromatic nitrogens is 1. The van der Waals surface area contributed by atoms with Gasteiger partial charge in [0.25, 0.3) is 0 Å². The van der Waals surface area contributed by atoms with Gasteiger partial charge in [-0.1, -0.05) is 24.3 Å². The predicted octanol–water partition coefficient (Wildman–Crippen LogP) is 4.66. The summed E-state index contributed by atoms with van der Waals surface area (Å²) in [7, 11) is 1.94. The van der Waals surface area contributed by atoms with Gasteiger partial charge in [-0.25, -0.2) is 4.98 Å². The number of anilines is 1. The molecule has 27 heavy (non-hydrogen) atoms. The highest BCUT2D eigenvalue weighted by atomic mass is 32.1. The summed E-state index contributed by atoms with van der Waals surface area (Å²) in [5.74, 6) is -0.881. The summed E-state index contributed by atoms with van der Waals surface area (Å²) in [6, 6.07) is 17.8. The number of nitriles is 1. The molecule has 1 N–H and O–H groups in total. The van der Waals surface area contributed by atoms with Gasteiger partial charge in [0.1, 0.15) is 5.01 Å². The zero-order chi connectivity index (χ0) is 19.2. The number of rotatable bonds is 7. The molecule has 0 spiro atoms. The number of carbonyl (C=O) groups is 1. The molecule has 6 heteroatoms. The summed E-state index contributed by atoms with van der Waals surface area (Å²) in [6.45, 7) is 0.668. The van der Waals surface area contributed by atoms with E-state index < -0.39 is 5.97 Å². The van der Waals surface area contributed by atoms with Crippen molar-refractivity contribution in [3.63, 3.8) is 0 Å². The van der Waals surface area contributed by atoms with Crippen LogP contribution < -0.4 is 4.90 Å². The van der Waals surface area contributed by atoms with Crippen LogP contribution >= 0.6 is 11.3 Å². The molecule has 0 aliphatic heterocycles. The van der Waals surface area contributed by atoms with Gasteiger partial charge >= 0.3 is 5.97 Å². The molecule has 0 radical (unpaired) electrons. The van der Waals surface area contributed by atoms with Gasteiger partial charge in [0, 0.05) is 19.3 Å². The van der Waals surface area contributed by atoms with Crippen molar-refractivity contribution in [2.75, 3.05) is 18.5 Å². The molecular formula is C21H19N3O2S. The van der Waals surface area contributed by atoms with Crippen LogP contribution in [0.3, 0.4) is 0 Å². The highest BCUT2D eigenvalue weighted by molar-refractivity contribution is 7.19. The van der Waals surface area contributed by atoms with Crippen molar-refractivity contribution in [1.29, 1.82) is 5.26 Å². The van der Waals surface area contributed by atoms with E-state index in [0.717, 1.165) is 26.5 Å². The summed E-state index contributed by atoms with van der Waals surface area (Å²) in [6.07, 6.45) is 2.27. The lowest BCUT2D eigenvalue weighted by atomic mass is 10.1. The van der Waals surface area contributed by atoms with Gasteiger partial charge in [0.15, 0.2) is 0 Å². The maximum absolute atomic E-state index is 11.3. The molecule has 0 aliphatic carbocycles. The van der Waals surface area contributed by atoms with Crippen LogP contribution in [0.4, 0.5) is 5.69 Å². The van der Waals surface area contributed by atoms with Gasteiger partial charge < -0.3 is 10.0 Å². The number of benzene rings is 2. The Bertz CT molecular complexity index is 983. The number of para-hydroxylation sites is 1. The third-order valence-electron chi connectivity index (χ3n) is 4.14. The monoisotopic (exact) mass is 377 g/mol. The van der Waals surface area contributed by atoms with Gasteiger partial charge in [-0.05, 0) is 41.5 Å². The zero-order valence-electron chi connectivity index (χ0n) is 14.9. The fourth-order valence-corrected chi connectivity index (χ4v) is 3.71. The topological polar surface area (TPSA) is 77.2 Å². The number of hydrogen-bond acceptors (Lipinski definition) is 5. The summed E-state index contributed by atoms with van der Waals surface area (Å²) in [5.41, 5.74) is 3.50. The van der Waals surface area contributed by atoms with Crippen molar-refractivity contribution in [2.24, 2.45) is 0 Å². The Morgan fingerprint density at radius 2 is 2.00 bits per heavy atom. The van der Waals surface area contributed by atoms with Crippen molar-refractivity contribution >= 4 is 44.9 Å². The second-order valence-electron chi connectivity index (χ2n) is 6.15. The highest BCUT2D eigenvalue weighted by Gasteiger charge is 2.12. The van der Waals surface area contributed by atoms with Crippen LogP contribution in [0.1, 0.15) is 23.4 Å². The Labute approximate surface area is 161 Å². The number of nitrogens with zero attached hydrogens (tertiary/aromatic N) is 3. The van der Waals surface area contributed by atoms with E-state index in [2.05, 4.69) is 11.1 Å². The SMILES string of the molecule is CN(CCC#N)c1ccc(/C=C(\CC(=O)O)c2nc3ccccc3s2)cc1. The van der Waals surface area contributed by atoms with E-state index in [9.17, 15) is 9.90 Å². The molecule has 0 fully saturated rings. The minimum Gasteiger partial charge on any atom is -0.481 e. The van der Waals surface area contributed by atoms with Crippen LogP contribution in [-0.2, 0) is 4.79 Å². The van der Waals surface area contributed by atoms with Crippen molar-refractivity contribution in [2.45, 2.75) is 12.8 Å². The first-order chi connectivity index (χ1) is 13.1. The molecule has 0 bridgehead atoms. The molecule has 0 unspecified atom stereocenters. The number of fused-ring (bicyclic) bond motifs is 1. The van der Waals surface area contributed by atoms with Crippen LogP contribution in [0.25, 0.3) is 21.9 Å². The number of carboxylic acid groups (broad SMARTS) is 1. The van der Waals surface area contributed by atoms with Crippen LogP contribution in [0.15, 0.2) is 48.5 Å². The Balaban J connectivity index is 1.89. The number of thiazole rings is 1. The fourth-order valence-electron chi connectivity index (χ4n) is 2.73. The van der Waals surface area contributed by atoms with Crippen molar-refractivity contribution in [3.05, 3.63) is 59.1 Å². The van der Waals surface area contributed by atoms with E-state index in [1.54, 1.807) is 0 Å². The van der Waals surface area contributed by atoms with Crippen LogP contribution in [0, 0.1) is 11.3 Å². The summed E-state index contributed by atoms with van der Waals surface area (Å²) in [4.78, 5) is 17.9. The smallest absolute Gasteiger partial charge is 0.307 e. The third kappa shape index (κ3) is 4.72. The van der Waals surface area contributed by atoms with E-state index in [0.29, 0.717) is 18.5 Å². The van der Waals surface area contributed by atoms with E-state index in [1.807, 2.05) is 66.6 Å². The Hall–Kier alpha value is -3.17. The zero-order valence-corrected chi connectivity index (χ0v) is 15.7. The molecule has 0 saturated heterocycles. The summed E-state index contributed by atoms with van der Waals surface area (Å²) >= 11 is 1.50. The minimum absolute atomic E-state index is 0.0797. The average molecular weight is 377 g/mol. The molecule has 0 aliphatic rings. The standard InChI is InChI=1S/C21H19N3O2S/c1-24(12-4-11-22)17-9-7-15(8-10-17)13-16(14-20(25)26)21-23-18-5-2-3-6-19(18)27-21/h2-3,5-10,13H,4,12,14H2,1H3,(H,25,26)/b16-13+. The van der Waals surface area contributed by atoms with Crippen LogP contribution in [0.2, 0.25) is 0 Å². The van der Waals surface area contributed by atoms with E-state index >= 15 is 0 Å². The van der Waals surface area contributed by atoms with Gasteiger partial charge in [0.05, 0.1) is 29.1 Å². The highest BCUT2D eigenvalue weighted by Crippen LogP contribution is 2.30. The van der Waals surface area contributed by atoms with Gasteiger partial charge in [-0.2, -0.15) is 5.26 Å². The maximum Gasteiger partial charge on any atom is 0.307 e. The molecule has 1 aromatic heterocycles. The Morgan fingerprint density at radius 1 is 1.26 bits per heavy atom. The van der Waals surface area contributed by atoms with Gasteiger partial charge in [-0.3, -0.25) is 4.79 Å². The lowest BCUT2D eigenvalue weighted by Gasteiger charge is -2.17. The van der Waals surface area contributed by atoms with Crippen LogP contribution in [0.5, 0.6) is 0 Å². The van der Waals surface area contributed by atoms with E-state index in [-0.39, 0.29) is 6.42 Å². The molecular weight excluding hydrogens is 358 g/mol. The van der Waals surface area contributed by atoms with Gasteiger partial charge in [-0.15, -0.1) is 11.3 Å². The second-order valence-corrected chi connectivity index (χ2v) is 7.18.